The Morgan fingerprint density at radius 3 is 2.48 bits per heavy atom. The van der Waals surface area contributed by atoms with Crippen LogP contribution in [-0.2, 0) is 19.1 Å². The molecule has 1 aliphatic rings. The van der Waals surface area contributed by atoms with Crippen molar-refractivity contribution in [2.24, 2.45) is 0 Å². The summed E-state index contributed by atoms with van der Waals surface area (Å²) in [6, 6.07) is 4.27. The molecule has 1 aliphatic heterocycles. The van der Waals surface area contributed by atoms with Crippen molar-refractivity contribution in [3.05, 3.63) is 64.2 Å². The van der Waals surface area contributed by atoms with E-state index in [2.05, 4.69) is 15.9 Å². The zero-order chi connectivity index (χ0) is 17.0. The van der Waals surface area contributed by atoms with E-state index in [-0.39, 0.29) is 17.0 Å². The molecule has 0 aromatic heterocycles. The van der Waals surface area contributed by atoms with Crippen LogP contribution < -0.4 is 4.90 Å². The van der Waals surface area contributed by atoms with Crippen molar-refractivity contribution in [1.82, 2.24) is 0 Å². The van der Waals surface area contributed by atoms with Gasteiger partial charge in [-0.1, -0.05) is 22.0 Å². The maximum Gasteiger partial charge on any atom is 0.355 e. The second kappa shape index (κ2) is 7.23. The molecule has 23 heavy (non-hydrogen) atoms. The average Bonchev–Trinajstić information content (AvgIpc) is 2.78. The highest BCUT2D eigenvalue weighted by Crippen LogP contribution is 2.30. The quantitative estimate of drug-likeness (QED) is 0.753. The largest absolute Gasteiger partial charge is 0.465 e. The summed E-state index contributed by atoms with van der Waals surface area (Å²) in [6.45, 7) is 0. The number of rotatable bonds is 3. The van der Waals surface area contributed by atoms with Gasteiger partial charge in [0, 0.05) is 10.7 Å². The Labute approximate surface area is 140 Å². The first kappa shape index (κ1) is 17.0. The number of nitrogens with zero attached hydrogens (tertiary/aromatic N) is 1. The second-order valence-electron chi connectivity index (χ2n) is 4.41. The van der Waals surface area contributed by atoms with E-state index < -0.39 is 17.8 Å². The second-order valence-corrected chi connectivity index (χ2v) is 5.33. The molecule has 0 fully saturated rings. The lowest BCUT2D eigenvalue weighted by Gasteiger charge is -2.23. The van der Waals surface area contributed by atoms with Crippen LogP contribution in [0.3, 0.4) is 0 Å². The van der Waals surface area contributed by atoms with E-state index in [0.29, 0.717) is 4.47 Å². The zero-order valence-electron chi connectivity index (χ0n) is 12.4. The summed E-state index contributed by atoms with van der Waals surface area (Å²) < 4.78 is 24.3. The summed E-state index contributed by atoms with van der Waals surface area (Å²) >= 11 is 3.26. The third-order valence-corrected chi connectivity index (χ3v) is 3.55. The number of methoxy groups -OCH3 is 2. The molecular weight excluding hydrogens is 369 g/mol. The molecule has 0 spiro atoms. The molecule has 0 unspecified atom stereocenters. The van der Waals surface area contributed by atoms with Crippen molar-refractivity contribution < 1.29 is 23.5 Å². The van der Waals surface area contributed by atoms with Crippen LogP contribution in [0.2, 0.25) is 0 Å². The van der Waals surface area contributed by atoms with Crippen LogP contribution in [-0.4, -0.2) is 26.2 Å². The molecular formula is C16H13BrFNO4. The van der Waals surface area contributed by atoms with Gasteiger partial charge in [-0.25, -0.2) is 14.0 Å². The van der Waals surface area contributed by atoms with Crippen molar-refractivity contribution in [2.75, 3.05) is 19.1 Å². The molecule has 1 aromatic carbocycles. The van der Waals surface area contributed by atoms with Crippen molar-refractivity contribution in [3.63, 3.8) is 0 Å². The standard InChI is InChI=1S/C16H13BrFNO4/c1-22-15(20)11-5-3-4-8-19(14(11)16(21)23-2)13-9-10(17)6-7-12(13)18/h3-9H,1-2H3. The van der Waals surface area contributed by atoms with Gasteiger partial charge in [0.25, 0.3) is 0 Å². The number of ether oxygens (including phenoxy) is 2. The van der Waals surface area contributed by atoms with Gasteiger partial charge in [-0.15, -0.1) is 0 Å². The van der Waals surface area contributed by atoms with Crippen LogP contribution in [0, 0.1) is 5.82 Å². The molecule has 2 rings (SSSR count). The highest BCUT2D eigenvalue weighted by Gasteiger charge is 2.28. The summed E-state index contributed by atoms with van der Waals surface area (Å²) in [5.74, 6) is -2.09. The first-order valence-electron chi connectivity index (χ1n) is 6.49. The topological polar surface area (TPSA) is 55.8 Å². The fraction of sp³-hybridized carbons (Fsp3) is 0.125. The Kier molecular flexibility index (Phi) is 5.33. The van der Waals surface area contributed by atoms with Crippen LogP contribution in [0.4, 0.5) is 10.1 Å². The number of esters is 2. The molecule has 5 nitrogen and oxygen atoms in total. The number of halogens is 2. The number of carbonyl (C=O) groups excluding carboxylic acids is 2. The summed E-state index contributed by atoms with van der Waals surface area (Å²) in [7, 11) is 2.37. The van der Waals surface area contributed by atoms with E-state index in [1.54, 1.807) is 12.2 Å². The minimum absolute atomic E-state index is 0.0382. The molecule has 120 valence electrons. The third kappa shape index (κ3) is 3.50. The summed E-state index contributed by atoms with van der Waals surface area (Å²) in [5.41, 5.74) is -0.0915. The Balaban J connectivity index is 2.71. The van der Waals surface area contributed by atoms with Gasteiger partial charge in [-0.3, -0.25) is 0 Å². The van der Waals surface area contributed by atoms with Gasteiger partial charge in [0.1, 0.15) is 11.5 Å². The lowest BCUT2D eigenvalue weighted by atomic mass is 10.1. The molecule has 0 aliphatic carbocycles. The number of benzene rings is 1. The van der Waals surface area contributed by atoms with Gasteiger partial charge in [0.2, 0.25) is 0 Å². The van der Waals surface area contributed by atoms with Crippen LogP contribution in [0.25, 0.3) is 0 Å². The molecule has 0 saturated carbocycles. The lowest BCUT2D eigenvalue weighted by Crippen LogP contribution is -2.27. The third-order valence-electron chi connectivity index (χ3n) is 3.06. The van der Waals surface area contributed by atoms with E-state index >= 15 is 0 Å². The highest BCUT2D eigenvalue weighted by atomic mass is 79.9. The smallest absolute Gasteiger partial charge is 0.355 e. The van der Waals surface area contributed by atoms with Crippen LogP contribution >= 0.6 is 15.9 Å². The van der Waals surface area contributed by atoms with Gasteiger partial charge < -0.3 is 14.4 Å². The number of hydrogen-bond acceptors (Lipinski definition) is 5. The predicted molar refractivity (Wildman–Crippen MR) is 85.9 cm³/mol. The maximum atomic E-state index is 14.2. The summed E-state index contributed by atoms with van der Waals surface area (Å²) in [4.78, 5) is 25.4. The summed E-state index contributed by atoms with van der Waals surface area (Å²) in [6.07, 6.45) is 5.98. The Morgan fingerprint density at radius 1 is 1.13 bits per heavy atom. The van der Waals surface area contributed by atoms with Gasteiger partial charge in [-0.2, -0.15) is 0 Å². The maximum absolute atomic E-state index is 14.2. The van der Waals surface area contributed by atoms with Gasteiger partial charge in [0.15, 0.2) is 0 Å². The zero-order valence-corrected chi connectivity index (χ0v) is 14.0. The average molecular weight is 382 g/mol. The predicted octanol–water partition coefficient (Wildman–Crippen LogP) is 3.08. The fourth-order valence-electron chi connectivity index (χ4n) is 2.02. The van der Waals surface area contributed by atoms with Crippen LogP contribution in [0.15, 0.2) is 58.4 Å². The van der Waals surface area contributed by atoms with Crippen molar-refractivity contribution in [3.8, 4) is 0 Å². The van der Waals surface area contributed by atoms with Crippen molar-refractivity contribution in [2.45, 2.75) is 0 Å². The number of allylic oxidation sites excluding steroid dienone is 2. The molecule has 0 saturated heterocycles. The number of anilines is 1. The molecule has 0 N–H and O–H groups in total. The molecule has 0 amide bonds. The Bertz CT molecular complexity index is 740. The van der Waals surface area contributed by atoms with Crippen molar-refractivity contribution >= 4 is 33.6 Å². The minimum atomic E-state index is -0.791. The van der Waals surface area contributed by atoms with Gasteiger partial charge >= 0.3 is 11.9 Å². The van der Waals surface area contributed by atoms with Crippen LogP contribution in [0.5, 0.6) is 0 Å². The van der Waals surface area contributed by atoms with Crippen molar-refractivity contribution in [1.29, 1.82) is 0 Å². The molecule has 1 aromatic rings. The van der Waals surface area contributed by atoms with E-state index in [4.69, 9.17) is 9.47 Å². The minimum Gasteiger partial charge on any atom is -0.465 e. The van der Waals surface area contributed by atoms with E-state index in [1.165, 1.54) is 49.6 Å². The monoisotopic (exact) mass is 381 g/mol. The summed E-state index contributed by atoms with van der Waals surface area (Å²) in [5, 5.41) is 0. The normalized spacial score (nSPS) is 13.8. The first-order chi connectivity index (χ1) is 11.0. The SMILES string of the molecule is COC(=O)C1=C(C(=O)OC)N(c2cc(Br)ccc2F)C=CC=C1. The Hall–Kier alpha value is -2.41. The number of hydrogen-bond donors (Lipinski definition) is 0. The van der Waals surface area contributed by atoms with E-state index in [1.807, 2.05) is 0 Å². The first-order valence-corrected chi connectivity index (χ1v) is 7.29. The molecule has 0 atom stereocenters. The number of carbonyl (C=O) groups is 2. The van der Waals surface area contributed by atoms with Crippen LogP contribution in [0.1, 0.15) is 0 Å². The lowest BCUT2D eigenvalue weighted by molar-refractivity contribution is -0.139. The highest BCUT2D eigenvalue weighted by molar-refractivity contribution is 9.10. The molecule has 7 heteroatoms. The van der Waals surface area contributed by atoms with E-state index in [9.17, 15) is 14.0 Å². The van der Waals surface area contributed by atoms with Gasteiger partial charge in [0.05, 0.1) is 25.5 Å². The Morgan fingerprint density at radius 2 is 1.83 bits per heavy atom. The molecule has 0 radical (unpaired) electrons. The fourth-order valence-corrected chi connectivity index (χ4v) is 2.37. The molecule has 0 bridgehead atoms. The van der Waals surface area contributed by atoms with E-state index in [0.717, 1.165) is 0 Å². The molecule has 1 heterocycles. The van der Waals surface area contributed by atoms with Gasteiger partial charge in [-0.05, 0) is 30.4 Å².